The molecule has 0 atom stereocenters. The van der Waals surface area contributed by atoms with Crippen molar-refractivity contribution in [2.24, 2.45) is 4.99 Å². The van der Waals surface area contributed by atoms with Gasteiger partial charge in [0, 0.05) is 25.0 Å². The van der Waals surface area contributed by atoms with Gasteiger partial charge in [0.05, 0.1) is 13.1 Å². The average molecular weight is 521 g/mol. The van der Waals surface area contributed by atoms with Crippen molar-refractivity contribution in [3.63, 3.8) is 0 Å². The number of guanidine groups is 1. The predicted octanol–water partition coefficient (Wildman–Crippen LogP) is 3.32. The molecule has 0 bridgehead atoms. The summed E-state index contributed by atoms with van der Waals surface area (Å²) in [6.07, 6.45) is 8.88. The smallest absolute Gasteiger partial charge is 0.213 e. The number of aliphatic imine (C=N–C) groups is 1. The summed E-state index contributed by atoms with van der Waals surface area (Å²) in [5.41, 5.74) is 1.87. The number of hydrogen-bond donors (Lipinski definition) is 2. The molecule has 0 radical (unpaired) electrons. The molecule has 1 aliphatic carbocycles. The van der Waals surface area contributed by atoms with Gasteiger partial charge in [0.2, 0.25) is 5.88 Å². The number of nitrogens with zero attached hydrogens (tertiary/aromatic N) is 5. The lowest BCUT2D eigenvalue weighted by atomic mass is 10.3. The van der Waals surface area contributed by atoms with Gasteiger partial charge in [-0.3, -0.25) is 4.40 Å². The van der Waals surface area contributed by atoms with Crippen molar-refractivity contribution in [2.45, 2.75) is 51.8 Å². The largest absolute Gasteiger partial charge is 0.474 e. The summed E-state index contributed by atoms with van der Waals surface area (Å²) in [5, 5.41) is 15.0. The van der Waals surface area contributed by atoms with Crippen LogP contribution in [0.3, 0.4) is 0 Å². The molecule has 0 saturated heterocycles. The standard InChI is InChI=1S/C21H27N7O.HI/c1-2-22-21(25-15-19-27-26-18-9-5-6-12-28(18)19)24-14-16-10-11-20(23-13-16)29-17-7-3-4-8-17;/h5-6,9-13,17H,2-4,7-8,14-15H2,1H3,(H2,22,24,25);1H. The minimum Gasteiger partial charge on any atom is -0.474 e. The van der Waals surface area contributed by atoms with Gasteiger partial charge in [-0.2, -0.15) is 0 Å². The summed E-state index contributed by atoms with van der Waals surface area (Å²) in [4.78, 5) is 9.09. The van der Waals surface area contributed by atoms with Crippen molar-refractivity contribution in [3.8, 4) is 5.88 Å². The van der Waals surface area contributed by atoms with Gasteiger partial charge in [0.25, 0.3) is 0 Å². The predicted molar refractivity (Wildman–Crippen MR) is 127 cm³/mol. The Balaban J connectivity index is 0.00000256. The quantitative estimate of drug-likeness (QED) is 0.282. The minimum atomic E-state index is 0. The second-order valence-corrected chi connectivity index (χ2v) is 7.12. The molecule has 3 heterocycles. The van der Waals surface area contributed by atoms with E-state index in [1.807, 2.05) is 54.0 Å². The Labute approximate surface area is 193 Å². The van der Waals surface area contributed by atoms with E-state index < -0.39 is 0 Å². The number of pyridine rings is 2. The molecule has 0 spiro atoms. The third-order valence-electron chi connectivity index (χ3n) is 4.95. The van der Waals surface area contributed by atoms with Crippen molar-refractivity contribution < 1.29 is 4.74 Å². The van der Waals surface area contributed by atoms with E-state index in [1.54, 1.807) is 0 Å². The van der Waals surface area contributed by atoms with Gasteiger partial charge < -0.3 is 15.4 Å². The molecule has 3 aromatic heterocycles. The van der Waals surface area contributed by atoms with Crippen LogP contribution in [0.5, 0.6) is 5.88 Å². The highest BCUT2D eigenvalue weighted by atomic mass is 127. The highest BCUT2D eigenvalue weighted by Crippen LogP contribution is 2.22. The molecule has 8 nitrogen and oxygen atoms in total. The van der Waals surface area contributed by atoms with Crippen LogP contribution in [0.4, 0.5) is 0 Å². The third-order valence-corrected chi connectivity index (χ3v) is 4.95. The molecular formula is C21H28IN7O. The van der Waals surface area contributed by atoms with Crippen LogP contribution >= 0.6 is 24.0 Å². The summed E-state index contributed by atoms with van der Waals surface area (Å²) >= 11 is 0. The number of ether oxygens (including phenoxy) is 1. The minimum absolute atomic E-state index is 0. The van der Waals surface area contributed by atoms with E-state index in [2.05, 4.69) is 30.8 Å². The van der Waals surface area contributed by atoms with E-state index in [-0.39, 0.29) is 24.0 Å². The maximum atomic E-state index is 5.92. The monoisotopic (exact) mass is 521 g/mol. The molecule has 0 amide bonds. The highest BCUT2D eigenvalue weighted by molar-refractivity contribution is 14.0. The number of fused-ring (bicyclic) bond motifs is 1. The van der Waals surface area contributed by atoms with Crippen LogP contribution in [-0.2, 0) is 13.1 Å². The molecule has 1 saturated carbocycles. The first-order chi connectivity index (χ1) is 14.3. The van der Waals surface area contributed by atoms with Gasteiger partial charge in [-0.1, -0.05) is 12.1 Å². The Morgan fingerprint density at radius 3 is 2.80 bits per heavy atom. The highest BCUT2D eigenvalue weighted by Gasteiger charge is 2.16. The van der Waals surface area contributed by atoms with Crippen LogP contribution in [0.2, 0.25) is 0 Å². The fourth-order valence-electron chi connectivity index (χ4n) is 3.44. The summed E-state index contributed by atoms with van der Waals surface area (Å²) in [6, 6.07) is 9.81. The Hall–Kier alpha value is -2.43. The van der Waals surface area contributed by atoms with Crippen molar-refractivity contribution in [1.29, 1.82) is 0 Å². The van der Waals surface area contributed by atoms with Crippen LogP contribution in [0.15, 0.2) is 47.7 Å². The molecule has 2 N–H and O–H groups in total. The van der Waals surface area contributed by atoms with Gasteiger partial charge in [-0.05, 0) is 50.3 Å². The Morgan fingerprint density at radius 1 is 1.17 bits per heavy atom. The maximum absolute atomic E-state index is 5.92. The first-order valence-corrected chi connectivity index (χ1v) is 10.2. The first kappa shape index (κ1) is 22.3. The Morgan fingerprint density at radius 2 is 2.03 bits per heavy atom. The number of aromatic nitrogens is 4. The van der Waals surface area contributed by atoms with Gasteiger partial charge in [-0.25, -0.2) is 9.98 Å². The number of halogens is 1. The van der Waals surface area contributed by atoms with Crippen LogP contribution in [0.25, 0.3) is 5.65 Å². The second kappa shape index (κ2) is 11.1. The zero-order valence-corrected chi connectivity index (χ0v) is 19.5. The molecule has 0 unspecified atom stereocenters. The lowest BCUT2D eigenvalue weighted by molar-refractivity contribution is 0.201. The van der Waals surface area contributed by atoms with Gasteiger partial charge >= 0.3 is 0 Å². The van der Waals surface area contributed by atoms with Gasteiger partial charge in [0.15, 0.2) is 17.4 Å². The second-order valence-electron chi connectivity index (χ2n) is 7.12. The molecule has 3 aromatic rings. The van der Waals surface area contributed by atoms with Crippen molar-refractivity contribution in [3.05, 3.63) is 54.1 Å². The van der Waals surface area contributed by atoms with E-state index in [9.17, 15) is 0 Å². The van der Waals surface area contributed by atoms with E-state index in [0.29, 0.717) is 25.1 Å². The normalized spacial score (nSPS) is 14.5. The first-order valence-electron chi connectivity index (χ1n) is 10.2. The van der Waals surface area contributed by atoms with E-state index in [0.717, 1.165) is 42.4 Å². The van der Waals surface area contributed by atoms with Gasteiger partial charge in [0.1, 0.15) is 6.10 Å². The zero-order valence-electron chi connectivity index (χ0n) is 17.1. The molecule has 1 aliphatic rings. The Bertz CT molecular complexity index is 951. The molecule has 160 valence electrons. The van der Waals surface area contributed by atoms with Crippen LogP contribution in [0, 0.1) is 0 Å². The van der Waals surface area contributed by atoms with E-state index >= 15 is 0 Å². The van der Waals surface area contributed by atoms with Crippen molar-refractivity contribution in [1.82, 2.24) is 30.2 Å². The summed E-state index contributed by atoms with van der Waals surface area (Å²) in [7, 11) is 0. The van der Waals surface area contributed by atoms with Crippen molar-refractivity contribution in [2.75, 3.05) is 6.54 Å². The number of nitrogens with one attached hydrogen (secondary N) is 2. The topological polar surface area (TPSA) is 88.7 Å². The molecule has 30 heavy (non-hydrogen) atoms. The lowest BCUT2D eigenvalue weighted by Gasteiger charge is -2.12. The van der Waals surface area contributed by atoms with Crippen LogP contribution in [0.1, 0.15) is 44.0 Å². The summed E-state index contributed by atoms with van der Waals surface area (Å²) < 4.78 is 7.88. The number of rotatable bonds is 7. The fourth-order valence-corrected chi connectivity index (χ4v) is 3.44. The summed E-state index contributed by atoms with van der Waals surface area (Å²) in [5.74, 6) is 2.26. The molecule has 0 aromatic carbocycles. The van der Waals surface area contributed by atoms with Crippen LogP contribution in [-0.4, -0.2) is 38.2 Å². The zero-order chi connectivity index (χ0) is 19.9. The molecule has 1 fully saturated rings. The number of hydrogen-bond acceptors (Lipinski definition) is 5. The van der Waals surface area contributed by atoms with E-state index in [4.69, 9.17) is 4.74 Å². The molecule has 9 heteroatoms. The van der Waals surface area contributed by atoms with Crippen molar-refractivity contribution >= 4 is 35.6 Å². The summed E-state index contributed by atoms with van der Waals surface area (Å²) in [6.45, 7) is 3.88. The lowest BCUT2D eigenvalue weighted by Crippen LogP contribution is -2.37. The Kier molecular flexibility index (Phi) is 8.23. The fraction of sp³-hybridized carbons (Fsp3) is 0.429. The van der Waals surface area contributed by atoms with Gasteiger partial charge in [-0.15, -0.1) is 34.2 Å². The molecular weight excluding hydrogens is 493 g/mol. The maximum Gasteiger partial charge on any atom is 0.213 e. The van der Waals surface area contributed by atoms with E-state index in [1.165, 1.54) is 12.8 Å². The van der Waals surface area contributed by atoms with Crippen LogP contribution < -0.4 is 15.4 Å². The third kappa shape index (κ3) is 5.80. The molecule has 0 aliphatic heterocycles. The molecule has 4 rings (SSSR count). The SMILES string of the molecule is CCNC(=NCc1ccc(OC2CCCC2)nc1)NCc1nnc2ccccn12.I. The average Bonchev–Trinajstić information content (AvgIpc) is 3.41.